The molecule has 1 saturated carbocycles. The number of rotatable bonds is 4. The van der Waals surface area contributed by atoms with Gasteiger partial charge in [0.2, 0.25) is 0 Å². The third kappa shape index (κ3) is 4.77. The van der Waals surface area contributed by atoms with E-state index in [2.05, 4.69) is 10.6 Å². The molecule has 1 aliphatic heterocycles. The second-order valence-corrected chi connectivity index (χ2v) is 8.02. The summed E-state index contributed by atoms with van der Waals surface area (Å²) < 4.78 is 0. The van der Waals surface area contributed by atoms with Crippen LogP contribution in [0.5, 0.6) is 0 Å². The van der Waals surface area contributed by atoms with E-state index in [4.69, 9.17) is 0 Å². The number of urea groups is 1. The number of fused-ring (bicyclic) bond motifs is 1. The zero-order valence-electron chi connectivity index (χ0n) is 16.0. The maximum atomic E-state index is 12.8. The summed E-state index contributed by atoms with van der Waals surface area (Å²) in [5.41, 5.74) is 1.74. The molecule has 0 bridgehead atoms. The van der Waals surface area contributed by atoms with Crippen molar-refractivity contribution in [3.05, 3.63) is 35.4 Å². The van der Waals surface area contributed by atoms with E-state index in [1.807, 2.05) is 43.0 Å². The number of piperidine rings is 1. The van der Waals surface area contributed by atoms with Crippen LogP contribution in [0.15, 0.2) is 24.3 Å². The van der Waals surface area contributed by atoms with Gasteiger partial charge in [0.15, 0.2) is 0 Å². The highest BCUT2D eigenvalue weighted by atomic mass is 16.2. The van der Waals surface area contributed by atoms with Gasteiger partial charge in [-0.15, -0.1) is 0 Å². The number of carbonyl (C=O) groups is 2. The van der Waals surface area contributed by atoms with E-state index >= 15 is 0 Å². The molecule has 26 heavy (non-hydrogen) atoms. The molecule has 3 rings (SSSR count). The van der Waals surface area contributed by atoms with Gasteiger partial charge in [-0.1, -0.05) is 31.4 Å². The summed E-state index contributed by atoms with van der Waals surface area (Å²) in [5.74, 6) is 1.67. The van der Waals surface area contributed by atoms with Crippen LogP contribution >= 0.6 is 0 Å². The van der Waals surface area contributed by atoms with Crippen molar-refractivity contribution >= 4 is 11.9 Å². The molecule has 0 spiro atoms. The molecule has 1 aliphatic carbocycles. The number of hydrogen-bond acceptors (Lipinski definition) is 2. The fourth-order valence-corrected chi connectivity index (χ4v) is 4.23. The van der Waals surface area contributed by atoms with Crippen molar-refractivity contribution in [3.63, 3.8) is 0 Å². The number of hydrogen-bond donors (Lipinski definition) is 2. The third-order valence-corrected chi connectivity index (χ3v) is 5.65. The van der Waals surface area contributed by atoms with Gasteiger partial charge in [-0.05, 0) is 56.2 Å². The summed E-state index contributed by atoms with van der Waals surface area (Å²) in [4.78, 5) is 26.5. The van der Waals surface area contributed by atoms with Crippen LogP contribution in [0, 0.1) is 11.8 Å². The standard InChI is InChI=1S/C21H31N3O2/c1-15(2)23-21(26)22-13-16-7-9-18(10-8-16)20(25)24-12-11-17-5-3-4-6-19(17)14-24/h7-10,15,17,19H,3-6,11-14H2,1-2H3,(H2,22,23,26)/t17-,19+/m1/s1. The van der Waals surface area contributed by atoms with Crippen molar-refractivity contribution in [3.8, 4) is 0 Å². The van der Waals surface area contributed by atoms with E-state index in [1.54, 1.807) is 0 Å². The lowest BCUT2D eigenvalue weighted by atomic mass is 9.75. The first-order valence-corrected chi connectivity index (χ1v) is 9.95. The smallest absolute Gasteiger partial charge is 0.315 e. The molecule has 2 aliphatic rings. The fraction of sp³-hybridized carbons (Fsp3) is 0.619. The zero-order chi connectivity index (χ0) is 18.5. The predicted molar refractivity (Wildman–Crippen MR) is 103 cm³/mol. The van der Waals surface area contributed by atoms with E-state index in [1.165, 1.54) is 25.7 Å². The van der Waals surface area contributed by atoms with Gasteiger partial charge in [-0.2, -0.15) is 0 Å². The summed E-state index contributed by atoms with van der Waals surface area (Å²) in [5, 5.41) is 5.63. The SMILES string of the molecule is CC(C)NC(=O)NCc1ccc(C(=O)N2CC[C@H]3CCCC[C@H]3C2)cc1. The molecule has 0 unspecified atom stereocenters. The molecule has 2 N–H and O–H groups in total. The quantitative estimate of drug-likeness (QED) is 0.866. The minimum absolute atomic E-state index is 0.114. The Bertz CT molecular complexity index is 627. The Labute approximate surface area is 156 Å². The van der Waals surface area contributed by atoms with Gasteiger partial charge in [-0.25, -0.2) is 4.79 Å². The Kier molecular flexibility index (Phi) is 6.17. The Balaban J connectivity index is 1.53. The van der Waals surface area contributed by atoms with Crippen molar-refractivity contribution in [1.29, 1.82) is 0 Å². The lowest BCUT2D eigenvalue weighted by Crippen LogP contribution is -2.44. The Morgan fingerprint density at radius 3 is 2.46 bits per heavy atom. The first-order chi connectivity index (χ1) is 12.5. The molecule has 142 valence electrons. The van der Waals surface area contributed by atoms with Gasteiger partial charge in [0.05, 0.1) is 0 Å². The summed E-state index contributed by atoms with van der Waals surface area (Å²) in [6, 6.07) is 7.56. The number of likely N-dealkylation sites (tertiary alicyclic amines) is 1. The lowest BCUT2D eigenvalue weighted by molar-refractivity contribution is 0.0521. The van der Waals surface area contributed by atoms with Crippen molar-refractivity contribution in [2.24, 2.45) is 11.8 Å². The van der Waals surface area contributed by atoms with Gasteiger partial charge < -0.3 is 15.5 Å². The number of nitrogens with zero attached hydrogens (tertiary/aromatic N) is 1. The van der Waals surface area contributed by atoms with E-state index in [-0.39, 0.29) is 18.0 Å². The lowest BCUT2D eigenvalue weighted by Gasteiger charge is -2.41. The molecule has 2 atom stereocenters. The molecule has 1 aromatic rings. The molecule has 1 saturated heterocycles. The maximum absolute atomic E-state index is 12.8. The van der Waals surface area contributed by atoms with Gasteiger partial charge in [-0.3, -0.25) is 4.79 Å². The third-order valence-electron chi connectivity index (χ3n) is 5.65. The van der Waals surface area contributed by atoms with Crippen molar-refractivity contribution in [1.82, 2.24) is 15.5 Å². The normalized spacial score (nSPS) is 22.7. The summed E-state index contributed by atoms with van der Waals surface area (Å²) in [6.45, 7) is 6.12. The van der Waals surface area contributed by atoms with Crippen molar-refractivity contribution in [2.75, 3.05) is 13.1 Å². The maximum Gasteiger partial charge on any atom is 0.315 e. The summed E-state index contributed by atoms with van der Waals surface area (Å²) in [7, 11) is 0. The topological polar surface area (TPSA) is 61.4 Å². The molecular weight excluding hydrogens is 326 g/mol. The minimum atomic E-state index is -0.171. The molecule has 3 amide bonds. The molecule has 5 heteroatoms. The van der Waals surface area contributed by atoms with Crippen LogP contribution < -0.4 is 10.6 Å². The largest absolute Gasteiger partial charge is 0.338 e. The van der Waals surface area contributed by atoms with Gasteiger partial charge in [0.1, 0.15) is 0 Å². The monoisotopic (exact) mass is 357 g/mol. The molecular formula is C21H31N3O2. The minimum Gasteiger partial charge on any atom is -0.338 e. The van der Waals surface area contributed by atoms with Crippen LogP contribution in [-0.4, -0.2) is 36.0 Å². The van der Waals surface area contributed by atoms with E-state index in [0.717, 1.165) is 36.6 Å². The highest BCUT2D eigenvalue weighted by Gasteiger charge is 2.33. The van der Waals surface area contributed by atoms with E-state index < -0.39 is 0 Å². The average molecular weight is 357 g/mol. The Morgan fingerprint density at radius 2 is 1.77 bits per heavy atom. The number of nitrogens with one attached hydrogen (secondary N) is 2. The Morgan fingerprint density at radius 1 is 1.08 bits per heavy atom. The molecule has 2 fully saturated rings. The van der Waals surface area contributed by atoms with Crippen LogP contribution in [0.2, 0.25) is 0 Å². The Hall–Kier alpha value is -2.04. The summed E-state index contributed by atoms with van der Waals surface area (Å²) >= 11 is 0. The van der Waals surface area contributed by atoms with Crippen LogP contribution in [0.3, 0.4) is 0 Å². The average Bonchev–Trinajstić information content (AvgIpc) is 2.65. The number of amides is 3. The van der Waals surface area contributed by atoms with Crippen molar-refractivity contribution in [2.45, 2.75) is 58.5 Å². The van der Waals surface area contributed by atoms with Gasteiger partial charge >= 0.3 is 6.03 Å². The van der Waals surface area contributed by atoms with Gasteiger partial charge in [0.25, 0.3) is 5.91 Å². The highest BCUT2D eigenvalue weighted by molar-refractivity contribution is 5.94. The molecule has 0 radical (unpaired) electrons. The van der Waals surface area contributed by atoms with E-state index in [0.29, 0.717) is 12.5 Å². The molecule has 1 heterocycles. The number of carbonyl (C=O) groups excluding carboxylic acids is 2. The van der Waals surface area contributed by atoms with Crippen LogP contribution in [0.25, 0.3) is 0 Å². The second kappa shape index (κ2) is 8.56. The fourth-order valence-electron chi connectivity index (χ4n) is 4.23. The molecule has 0 aromatic heterocycles. The van der Waals surface area contributed by atoms with Crippen LogP contribution in [0.1, 0.15) is 61.9 Å². The number of benzene rings is 1. The summed E-state index contributed by atoms with van der Waals surface area (Å²) in [6.07, 6.45) is 6.45. The van der Waals surface area contributed by atoms with E-state index in [9.17, 15) is 9.59 Å². The van der Waals surface area contributed by atoms with Gasteiger partial charge in [0, 0.05) is 31.2 Å². The first kappa shape index (κ1) is 18.7. The first-order valence-electron chi connectivity index (χ1n) is 9.95. The molecule has 1 aromatic carbocycles. The zero-order valence-corrected chi connectivity index (χ0v) is 16.0. The van der Waals surface area contributed by atoms with Crippen molar-refractivity contribution < 1.29 is 9.59 Å². The van der Waals surface area contributed by atoms with Crippen LogP contribution in [-0.2, 0) is 6.54 Å². The second-order valence-electron chi connectivity index (χ2n) is 8.02. The predicted octanol–water partition coefficient (Wildman–Crippen LogP) is 3.55. The molecule has 5 nitrogen and oxygen atoms in total. The van der Waals surface area contributed by atoms with Crippen LogP contribution in [0.4, 0.5) is 4.79 Å². The highest BCUT2D eigenvalue weighted by Crippen LogP contribution is 2.36.